The van der Waals surface area contributed by atoms with E-state index in [1.165, 1.54) is 11.1 Å². The zero-order valence-corrected chi connectivity index (χ0v) is 16.2. The molecule has 27 heavy (non-hydrogen) atoms. The largest absolute Gasteiger partial charge is 0.473 e. The molecule has 0 spiro atoms. The summed E-state index contributed by atoms with van der Waals surface area (Å²) in [7, 11) is 0. The minimum absolute atomic E-state index is 0.286. The first-order chi connectivity index (χ1) is 13.1. The van der Waals surface area contributed by atoms with Gasteiger partial charge in [-0.25, -0.2) is 4.79 Å². The van der Waals surface area contributed by atoms with E-state index >= 15 is 0 Å². The summed E-state index contributed by atoms with van der Waals surface area (Å²) < 4.78 is 11.7. The first-order valence-corrected chi connectivity index (χ1v) is 9.60. The van der Waals surface area contributed by atoms with Crippen molar-refractivity contribution in [1.82, 2.24) is 0 Å². The number of anilines is 1. The van der Waals surface area contributed by atoms with Gasteiger partial charge in [-0.2, -0.15) is 0 Å². The summed E-state index contributed by atoms with van der Waals surface area (Å²) in [5, 5.41) is 1.02. The first kappa shape index (κ1) is 17.7. The molecule has 0 aliphatic carbocycles. The van der Waals surface area contributed by atoms with E-state index in [0.29, 0.717) is 18.9 Å². The van der Waals surface area contributed by atoms with Crippen LogP contribution in [-0.4, -0.2) is 6.73 Å². The van der Waals surface area contributed by atoms with Crippen LogP contribution in [0.2, 0.25) is 0 Å². The number of aryl methyl sites for hydroxylation is 3. The highest BCUT2D eigenvalue weighted by Crippen LogP contribution is 2.35. The van der Waals surface area contributed by atoms with Gasteiger partial charge in [0.1, 0.15) is 11.3 Å². The van der Waals surface area contributed by atoms with Crippen molar-refractivity contribution >= 4 is 16.7 Å². The van der Waals surface area contributed by atoms with Gasteiger partial charge in [0, 0.05) is 17.1 Å². The lowest BCUT2D eigenvalue weighted by Crippen LogP contribution is -2.32. The Bertz CT molecular complexity index is 1050. The van der Waals surface area contributed by atoms with E-state index in [9.17, 15) is 4.79 Å². The molecule has 1 aliphatic rings. The molecule has 0 amide bonds. The van der Waals surface area contributed by atoms with E-state index in [-0.39, 0.29) is 5.63 Å². The molecule has 2 heterocycles. The molecule has 1 aliphatic heterocycles. The van der Waals surface area contributed by atoms with Crippen LogP contribution >= 0.6 is 0 Å². The number of unbranched alkanes of at least 4 members (excludes halogenated alkanes) is 1. The van der Waals surface area contributed by atoms with Gasteiger partial charge in [-0.1, -0.05) is 25.5 Å². The second-order valence-corrected chi connectivity index (χ2v) is 7.37. The van der Waals surface area contributed by atoms with E-state index in [1.807, 2.05) is 12.1 Å². The molecule has 3 aromatic rings. The van der Waals surface area contributed by atoms with Crippen LogP contribution in [0.1, 0.15) is 42.0 Å². The van der Waals surface area contributed by atoms with Gasteiger partial charge in [0.05, 0.1) is 12.1 Å². The maximum absolute atomic E-state index is 12.2. The van der Waals surface area contributed by atoms with Crippen LogP contribution in [0.15, 0.2) is 45.6 Å². The summed E-state index contributed by atoms with van der Waals surface area (Å²) in [5.74, 6) is 0.805. The standard InChI is InChI=1S/C23H25NO3/c1-4-5-6-17-12-22(25)27-23-18(17)9-10-21-19(23)13-24(14-26-21)20-11-15(2)7-8-16(20)3/h7-12H,4-6,13-14H2,1-3H3. The van der Waals surface area contributed by atoms with Crippen molar-refractivity contribution in [2.75, 3.05) is 11.6 Å². The van der Waals surface area contributed by atoms with Crippen LogP contribution in [0, 0.1) is 13.8 Å². The van der Waals surface area contributed by atoms with E-state index < -0.39 is 0 Å². The van der Waals surface area contributed by atoms with Gasteiger partial charge < -0.3 is 14.1 Å². The molecule has 140 valence electrons. The van der Waals surface area contributed by atoms with Crippen molar-refractivity contribution in [3.8, 4) is 5.75 Å². The van der Waals surface area contributed by atoms with Gasteiger partial charge in [-0.15, -0.1) is 0 Å². The van der Waals surface area contributed by atoms with E-state index in [1.54, 1.807) is 6.07 Å². The van der Waals surface area contributed by atoms with Crippen molar-refractivity contribution in [3.05, 3.63) is 69.1 Å². The minimum atomic E-state index is -0.286. The highest BCUT2D eigenvalue weighted by atomic mass is 16.5. The zero-order chi connectivity index (χ0) is 19.0. The highest BCUT2D eigenvalue weighted by Gasteiger charge is 2.23. The summed E-state index contributed by atoms with van der Waals surface area (Å²) in [6.07, 6.45) is 3.04. The van der Waals surface area contributed by atoms with Crippen molar-refractivity contribution in [3.63, 3.8) is 0 Å². The van der Waals surface area contributed by atoms with Gasteiger partial charge in [0.25, 0.3) is 0 Å². The third-order valence-electron chi connectivity index (χ3n) is 5.29. The zero-order valence-electron chi connectivity index (χ0n) is 16.2. The molecule has 0 saturated carbocycles. The number of ether oxygens (including phenoxy) is 1. The topological polar surface area (TPSA) is 42.7 Å². The average molecular weight is 363 g/mol. The SMILES string of the molecule is CCCCc1cc(=O)oc2c3c(ccc12)OCN(c1cc(C)ccc1C)C3. The first-order valence-electron chi connectivity index (χ1n) is 9.60. The van der Waals surface area contributed by atoms with Gasteiger partial charge in [0.2, 0.25) is 0 Å². The molecule has 0 atom stereocenters. The predicted octanol–water partition coefficient (Wildman–Crippen LogP) is 5.11. The summed E-state index contributed by atoms with van der Waals surface area (Å²) in [4.78, 5) is 14.4. The molecule has 4 rings (SSSR count). The van der Waals surface area contributed by atoms with Gasteiger partial charge in [-0.05, 0) is 61.6 Å². The van der Waals surface area contributed by atoms with Crippen LogP contribution < -0.4 is 15.3 Å². The molecule has 1 aromatic heterocycles. The Labute approximate surface area is 159 Å². The summed E-state index contributed by atoms with van der Waals surface area (Å²) in [5.41, 5.74) is 5.98. The van der Waals surface area contributed by atoms with Crippen molar-refractivity contribution in [2.24, 2.45) is 0 Å². The summed E-state index contributed by atoms with van der Waals surface area (Å²) >= 11 is 0. The van der Waals surface area contributed by atoms with Crippen LogP contribution in [0.3, 0.4) is 0 Å². The highest BCUT2D eigenvalue weighted by molar-refractivity contribution is 5.86. The molecule has 0 fully saturated rings. The van der Waals surface area contributed by atoms with E-state index in [0.717, 1.165) is 47.2 Å². The molecular weight excluding hydrogens is 338 g/mol. The minimum Gasteiger partial charge on any atom is -0.473 e. The molecule has 2 aromatic carbocycles. The van der Waals surface area contributed by atoms with Crippen molar-refractivity contribution < 1.29 is 9.15 Å². The molecule has 4 heteroatoms. The lowest BCUT2D eigenvalue weighted by molar-refractivity contribution is 0.289. The third kappa shape index (κ3) is 3.32. The molecule has 0 saturated heterocycles. The van der Waals surface area contributed by atoms with Crippen LogP contribution in [0.5, 0.6) is 5.75 Å². The van der Waals surface area contributed by atoms with Crippen molar-refractivity contribution in [2.45, 2.75) is 46.6 Å². The number of hydrogen-bond donors (Lipinski definition) is 0. The second kappa shape index (κ2) is 7.10. The maximum atomic E-state index is 12.2. The summed E-state index contributed by atoms with van der Waals surface area (Å²) in [6.45, 7) is 7.51. The quantitative estimate of drug-likeness (QED) is 0.604. The Balaban J connectivity index is 1.81. The Morgan fingerprint density at radius 2 is 1.96 bits per heavy atom. The normalized spacial score (nSPS) is 13.5. The van der Waals surface area contributed by atoms with E-state index in [4.69, 9.17) is 9.15 Å². The lowest BCUT2D eigenvalue weighted by atomic mass is 10.0. The van der Waals surface area contributed by atoms with Gasteiger partial charge in [0.15, 0.2) is 6.73 Å². The van der Waals surface area contributed by atoms with Gasteiger partial charge >= 0.3 is 5.63 Å². The Kier molecular flexibility index (Phi) is 4.65. The Morgan fingerprint density at radius 1 is 1.11 bits per heavy atom. The van der Waals surface area contributed by atoms with Gasteiger partial charge in [-0.3, -0.25) is 0 Å². The molecule has 4 nitrogen and oxygen atoms in total. The predicted molar refractivity (Wildman–Crippen MR) is 109 cm³/mol. The third-order valence-corrected chi connectivity index (χ3v) is 5.29. The number of fused-ring (bicyclic) bond motifs is 3. The van der Waals surface area contributed by atoms with Crippen LogP contribution in [0.4, 0.5) is 5.69 Å². The van der Waals surface area contributed by atoms with Crippen molar-refractivity contribution in [1.29, 1.82) is 0 Å². The van der Waals surface area contributed by atoms with Crippen LogP contribution in [0.25, 0.3) is 11.0 Å². The number of hydrogen-bond acceptors (Lipinski definition) is 4. The lowest BCUT2D eigenvalue weighted by Gasteiger charge is -2.32. The summed E-state index contributed by atoms with van der Waals surface area (Å²) in [6, 6.07) is 12.1. The smallest absolute Gasteiger partial charge is 0.336 e. The molecule has 0 bridgehead atoms. The maximum Gasteiger partial charge on any atom is 0.336 e. The fourth-order valence-electron chi connectivity index (χ4n) is 3.79. The fourth-order valence-corrected chi connectivity index (χ4v) is 3.79. The number of benzene rings is 2. The monoisotopic (exact) mass is 363 g/mol. The molecule has 0 N–H and O–H groups in total. The second-order valence-electron chi connectivity index (χ2n) is 7.37. The number of rotatable bonds is 4. The van der Waals surface area contributed by atoms with E-state index in [2.05, 4.69) is 43.9 Å². The Hall–Kier alpha value is -2.75. The van der Waals surface area contributed by atoms with Crippen LogP contribution in [-0.2, 0) is 13.0 Å². The number of nitrogens with zero attached hydrogens (tertiary/aromatic N) is 1. The molecular formula is C23H25NO3. The fraction of sp³-hybridized carbons (Fsp3) is 0.348. The Morgan fingerprint density at radius 3 is 2.78 bits per heavy atom. The molecule has 0 unspecified atom stereocenters. The molecule has 0 radical (unpaired) electrons. The average Bonchev–Trinajstić information content (AvgIpc) is 2.67.